The smallest absolute Gasteiger partial charge is 0.341 e. The molecule has 3 aromatic rings. The van der Waals surface area contributed by atoms with Crippen molar-refractivity contribution in [3.63, 3.8) is 0 Å². The summed E-state index contributed by atoms with van der Waals surface area (Å²) < 4.78 is 24.7. The Morgan fingerprint density at radius 1 is 1.03 bits per heavy atom. The highest BCUT2D eigenvalue weighted by Gasteiger charge is 2.26. The summed E-state index contributed by atoms with van der Waals surface area (Å²) in [6.07, 6.45) is 0. The summed E-state index contributed by atoms with van der Waals surface area (Å²) in [4.78, 5) is 26.2. The highest BCUT2D eigenvalue weighted by atomic mass is 32.1. The molecule has 0 aliphatic carbocycles. The third-order valence-corrected chi connectivity index (χ3v) is 5.38. The number of carbonyl (C=O) groups is 2. The fraction of sp³-hybridized carbons (Fsp3) is 0.217. The van der Waals surface area contributed by atoms with E-state index in [9.17, 15) is 14.0 Å². The molecule has 0 bridgehead atoms. The lowest BCUT2D eigenvalue weighted by molar-refractivity contribution is 0.0529. The van der Waals surface area contributed by atoms with Crippen molar-refractivity contribution in [3.8, 4) is 16.9 Å². The standard InChI is InChI=1S/C23H22FNO4S/c1-4-28-16-12-10-15(11-13-16)19-14(3)30-22(20(19)23(27)29-5-2)25-21(26)17-8-6-7-9-18(17)24/h6-13H,4-5H2,1-3H3,(H,25,26). The molecule has 7 heteroatoms. The molecule has 0 aliphatic heterocycles. The molecule has 1 amide bonds. The topological polar surface area (TPSA) is 64.6 Å². The van der Waals surface area contributed by atoms with Crippen molar-refractivity contribution in [2.75, 3.05) is 18.5 Å². The summed E-state index contributed by atoms with van der Waals surface area (Å²) in [5, 5.41) is 3.01. The van der Waals surface area contributed by atoms with Crippen LogP contribution >= 0.6 is 11.3 Å². The normalized spacial score (nSPS) is 10.5. The summed E-state index contributed by atoms with van der Waals surface area (Å²) in [5.74, 6) is -1.08. The average Bonchev–Trinajstić information content (AvgIpc) is 3.05. The zero-order valence-electron chi connectivity index (χ0n) is 17.0. The first-order chi connectivity index (χ1) is 14.5. The molecule has 0 unspecified atom stereocenters. The highest BCUT2D eigenvalue weighted by Crippen LogP contribution is 2.41. The van der Waals surface area contributed by atoms with E-state index in [1.54, 1.807) is 13.0 Å². The van der Waals surface area contributed by atoms with Crippen LogP contribution in [0.4, 0.5) is 9.39 Å². The van der Waals surface area contributed by atoms with E-state index in [1.165, 1.54) is 29.5 Å². The van der Waals surface area contributed by atoms with Crippen molar-refractivity contribution in [1.82, 2.24) is 0 Å². The molecule has 30 heavy (non-hydrogen) atoms. The molecular weight excluding hydrogens is 405 g/mol. The number of thiophene rings is 1. The SMILES string of the molecule is CCOC(=O)c1c(NC(=O)c2ccccc2F)sc(C)c1-c1ccc(OCC)cc1. The first-order valence-electron chi connectivity index (χ1n) is 9.55. The summed E-state index contributed by atoms with van der Waals surface area (Å²) >= 11 is 1.25. The van der Waals surface area contributed by atoms with Gasteiger partial charge >= 0.3 is 5.97 Å². The molecule has 2 aromatic carbocycles. The van der Waals surface area contributed by atoms with E-state index in [4.69, 9.17) is 9.47 Å². The van der Waals surface area contributed by atoms with Crippen molar-refractivity contribution in [2.24, 2.45) is 0 Å². The van der Waals surface area contributed by atoms with Crippen molar-refractivity contribution in [1.29, 1.82) is 0 Å². The number of hydrogen-bond acceptors (Lipinski definition) is 5. The van der Waals surface area contributed by atoms with Gasteiger partial charge in [0.1, 0.15) is 22.1 Å². The van der Waals surface area contributed by atoms with Crippen LogP contribution in [0, 0.1) is 12.7 Å². The minimum Gasteiger partial charge on any atom is -0.494 e. The number of rotatable bonds is 7. The second kappa shape index (κ2) is 9.54. The Morgan fingerprint density at radius 2 is 1.73 bits per heavy atom. The van der Waals surface area contributed by atoms with Crippen LogP contribution in [-0.2, 0) is 4.74 Å². The van der Waals surface area contributed by atoms with Crippen molar-refractivity contribution < 1.29 is 23.5 Å². The lowest BCUT2D eigenvalue weighted by Gasteiger charge is -2.10. The maximum absolute atomic E-state index is 14.0. The van der Waals surface area contributed by atoms with Crippen molar-refractivity contribution >= 4 is 28.2 Å². The molecule has 0 spiro atoms. The Morgan fingerprint density at radius 3 is 2.37 bits per heavy atom. The van der Waals surface area contributed by atoms with E-state index in [2.05, 4.69) is 5.32 Å². The van der Waals surface area contributed by atoms with Gasteiger partial charge < -0.3 is 14.8 Å². The van der Waals surface area contributed by atoms with Gasteiger partial charge in [0, 0.05) is 10.4 Å². The number of aryl methyl sites for hydroxylation is 1. The number of hydrogen-bond donors (Lipinski definition) is 1. The van der Waals surface area contributed by atoms with Crippen LogP contribution in [0.5, 0.6) is 5.75 Å². The van der Waals surface area contributed by atoms with Gasteiger partial charge in [0.25, 0.3) is 5.91 Å². The summed E-state index contributed by atoms with van der Waals surface area (Å²) in [6, 6.07) is 13.0. The fourth-order valence-electron chi connectivity index (χ4n) is 3.08. The Labute approximate surface area is 178 Å². The number of nitrogens with one attached hydrogen (secondary N) is 1. The van der Waals surface area contributed by atoms with Gasteiger partial charge in [-0.1, -0.05) is 24.3 Å². The van der Waals surface area contributed by atoms with Gasteiger partial charge in [0.15, 0.2) is 0 Å². The first-order valence-corrected chi connectivity index (χ1v) is 10.4. The van der Waals surface area contributed by atoms with Crippen LogP contribution in [0.15, 0.2) is 48.5 Å². The number of halogens is 1. The molecule has 0 radical (unpaired) electrons. The third kappa shape index (κ3) is 4.52. The van der Waals surface area contributed by atoms with E-state index in [0.29, 0.717) is 17.2 Å². The number of ether oxygens (including phenoxy) is 2. The van der Waals surface area contributed by atoms with Crippen LogP contribution in [-0.4, -0.2) is 25.1 Å². The minimum absolute atomic E-state index is 0.0963. The third-order valence-electron chi connectivity index (χ3n) is 4.36. The molecule has 1 N–H and O–H groups in total. The molecule has 0 aliphatic rings. The number of benzene rings is 2. The molecule has 0 fully saturated rings. The zero-order valence-corrected chi connectivity index (χ0v) is 17.8. The largest absolute Gasteiger partial charge is 0.494 e. The predicted molar refractivity (Wildman–Crippen MR) is 116 cm³/mol. The second-order valence-corrected chi connectivity index (χ2v) is 7.57. The van der Waals surface area contributed by atoms with E-state index in [-0.39, 0.29) is 17.7 Å². The van der Waals surface area contributed by atoms with Gasteiger partial charge in [0.2, 0.25) is 0 Å². The van der Waals surface area contributed by atoms with Crippen LogP contribution in [0.1, 0.15) is 39.4 Å². The van der Waals surface area contributed by atoms with Gasteiger partial charge in [-0.05, 0) is 50.6 Å². The Kier molecular flexibility index (Phi) is 6.84. The summed E-state index contributed by atoms with van der Waals surface area (Å²) in [6.45, 7) is 6.22. The molecule has 5 nitrogen and oxygen atoms in total. The Balaban J connectivity index is 2.03. The molecule has 0 saturated heterocycles. The van der Waals surface area contributed by atoms with Crippen LogP contribution in [0.3, 0.4) is 0 Å². The first kappa shape index (κ1) is 21.5. The maximum atomic E-state index is 14.0. The van der Waals surface area contributed by atoms with Gasteiger partial charge in [-0.25, -0.2) is 9.18 Å². The lowest BCUT2D eigenvalue weighted by Crippen LogP contribution is -2.16. The number of anilines is 1. The monoisotopic (exact) mass is 427 g/mol. The zero-order chi connectivity index (χ0) is 21.7. The highest BCUT2D eigenvalue weighted by molar-refractivity contribution is 7.17. The van der Waals surface area contributed by atoms with Gasteiger partial charge in [-0.2, -0.15) is 0 Å². The molecule has 156 valence electrons. The minimum atomic E-state index is -0.632. The number of carbonyl (C=O) groups excluding carboxylic acids is 2. The quantitative estimate of drug-likeness (QED) is 0.492. The predicted octanol–water partition coefficient (Wildman–Crippen LogP) is 5.69. The molecular formula is C23H22FNO4S. The molecule has 3 rings (SSSR count). The molecule has 1 heterocycles. The Hall–Kier alpha value is -3.19. The molecule has 0 atom stereocenters. The summed E-state index contributed by atoms with van der Waals surface area (Å²) in [5.41, 5.74) is 1.63. The number of esters is 1. The molecule has 1 aromatic heterocycles. The van der Waals surface area contributed by atoms with Crippen LogP contribution in [0.2, 0.25) is 0 Å². The van der Waals surface area contributed by atoms with Crippen molar-refractivity contribution in [2.45, 2.75) is 20.8 Å². The maximum Gasteiger partial charge on any atom is 0.341 e. The average molecular weight is 427 g/mol. The fourth-order valence-corrected chi connectivity index (χ4v) is 4.14. The van der Waals surface area contributed by atoms with Gasteiger partial charge in [-0.3, -0.25) is 4.79 Å². The second-order valence-electron chi connectivity index (χ2n) is 6.35. The van der Waals surface area contributed by atoms with E-state index in [0.717, 1.165) is 16.2 Å². The van der Waals surface area contributed by atoms with Gasteiger partial charge in [0.05, 0.1) is 18.8 Å². The van der Waals surface area contributed by atoms with Crippen molar-refractivity contribution in [3.05, 3.63) is 70.4 Å². The Bertz CT molecular complexity index is 1060. The van der Waals surface area contributed by atoms with E-state index in [1.807, 2.05) is 38.1 Å². The van der Waals surface area contributed by atoms with Crippen LogP contribution in [0.25, 0.3) is 11.1 Å². The number of amides is 1. The summed E-state index contributed by atoms with van der Waals surface area (Å²) in [7, 11) is 0. The van der Waals surface area contributed by atoms with E-state index < -0.39 is 17.7 Å². The molecule has 0 saturated carbocycles. The van der Waals surface area contributed by atoms with Crippen LogP contribution < -0.4 is 10.1 Å². The van der Waals surface area contributed by atoms with E-state index >= 15 is 0 Å². The van der Waals surface area contributed by atoms with Gasteiger partial charge in [-0.15, -0.1) is 11.3 Å². The lowest BCUT2D eigenvalue weighted by atomic mass is 10.0.